The van der Waals surface area contributed by atoms with Crippen molar-refractivity contribution in [3.63, 3.8) is 0 Å². The summed E-state index contributed by atoms with van der Waals surface area (Å²) in [6, 6.07) is 5.27. The number of aromatic hydroxyl groups is 1. The molecule has 68 valence electrons. The lowest BCUT2D eigenvalue weighted by atomic mass is 10.2. The van der Waals surface area contributed by atoms with Crippen LogP contribution in [0.15, 0.2) is 18.2 Å². The monoisotopic (exact) mass is 306 g/mol. The summed E-state index contributed by atoms with van der Waals surface area (Å²) in [4.78, 5) is 0.959. The Morgan fingerprint density at radius 2 is 2.15 bits per heavy atom. The topological polar surface area (TPSA) is 40.5 Å². The number of thiophene rings is 1. The van der Waals surface area contributed by atoms with Gasteiger partial charge in [0.2, 0.25) is 0 Å². The lowest BCUT2D eigenvalue weighted by Gasteiger charge is -1.91. The molecule has 4 heteroatoms. The van der Waals surface area contributed by atoms with Crippen LogP contribution in [-0.4, -0.2) is 10.2 Å². The second-order valence-electron chi connectivity index (χ2n) is 2.68. The molecular weight excluding hydrogens is 299 g/mol. The first-order valence-corrected chi connectivity index (χ1v) is 5.62. The van der Waals surface area contributed by atoms with Crippen LogP contribution < -0.4 is 0 Å². The van der Waals surface area contributed by atoms with E-state index in [0.717, 1.165) is 18.5 Å². The summed E-state index contributed by atoms with van der Waals surface area (Å²) in [7, 11) is 0. The van der Waals surface area contributed by atoms with Crippen LogP contribution in [0.3, 0.4) is 0 Å². The van der Waals surface area contributed by atoms with Crippen molar-refractivity contribution in [2.45, 2.75) is 6.61 Å². The van der Waals surface area contributed by atoms with Gasteiger partial charge in [0.15, 0.2) is 0 Å². The SMILES string of the molecule is OCc1sc2cc(O)ccc2c1I. The van der Waals surface area contributed by atoms with Crippen molar-refractivity contribution in [1.82, 2.24) is 0 Å². The molecule has 0 radical (unpaired) electrons. The fraction of sp³-hybridized carbons (Fsp3) is 0.111. The third kappa shape index (κ3) is 1.53. The molecule has 2 nitrogen and oxygen atoms in total. The van der Waals surface area contributed by atoms with Gasteiger partial charge in [-0.1, -0.05) is 0 Å². The number of halogens is 1. The smallest absolute Gasteiger partial charge is 0.117 e. The lowest BCUT2D eigenvalue weighted by Crippen LogP contribution is -1.78. The van der Waals surface area contributed by atoms with Gasteiger partial charge in [-0.2, -0.15) is 0 Å². The molecule has 0 amide bonds. The summed E-state index contributed by atoms with van der Waals surface area (Å²) in [6.07, 6.45) is 0. The second-order valence-corrected chi connectivity index (χ2v) is 4.89. The van der Waals surface area contributed by atoms with E-state index < -0.39 is 0 Å². The van der Waals surface area contributed by atoms with Crippen LogP contribution in [0.5, 0.6) is 5.75 Å². The highest BCUT2D eigenvalue weighted by atomic mass is 127. The molecule has 0 saturated heterocycles. The molecule has 0 aliphatic heterocycles. The Hall–Kier alpha value is -0.330. The molecule has 1 aromatic carbocycles. The summed E-state index contributed by atoms with van der Waals surface area (Å²) >= 11 is 3.73. The normalized spacial score (nSPS) is 10.9. The molecule has 0 atom stereocenters. The van der Waals surface area contributed by atoms with Crippen molar-refractivity contribution in [3.8, 4) is 5.75 Å². The number of phenolic OH excluding ortho intramolecular Hbond substituents is 1. The number of benzene rings is 1. The number of fused-ring (bicyclic) bond motifs is 1. The van der Waals surface area contributed by atoms with E-state index in [0.29, 0.717) is 0 Å². The molecule has 1 heterocycles. The van der Waals surface area contributed by atoms with E-state index in [9.17, 15) is 5.11 Å². The molecule has 0 aliphatic rings. The maximum absolute atomic E-state index is 9.24. The zero-order valence-electron chi connectivity index (χ0n) is 6.62. The summed E-state index contributed by atoms with van der Waals surface area (Å²) in [5.74, 6) is 0.273. The van der Waals surface area contributed by atoms with E-state index >= 15 is 0 Å². The summed E-state index contributed by atoms with van der Waals surface area (Å²) in [5.41, 5.74) is 0. The Morgan fingerprint density at radius 1 is 1.38 bits per heavy atom. The first kappa shape index (κ1) is 9.23. The Kier molecular flexibility index (Phi) is 2.44. The minimum Gasteiger partial charge on any atom is -0.508 e. The molecule has 13 heavy (non-hydrogen) atoms. The number of rotatable bonds is 1. The van der Waals surface area contributed by atoms with E-state index in [-0.39, 0.29) is 12.4 Å². The van der Waals surface area contributed by atoms with Gasteiger partial charge < -0.3 is 10.2 Å². The molecule has 0 unspecified atom stereocenters. The largest absolute Gasteiger partial charge is 0.508 e. The Morgan fingerprint density at radius 3 is 2.85 bits per heavy atom. The minimum absolute atomic E-state index is 0.0678. The van der Waals surface area contributed by atoms with E-state index in [4.69, 9.17) is 5.11 Å². The first-order chi connectivity index (χ1) is 6.22. The van der Waals surface area contributed by atoms with E-state index in [1.807, 2.05) is 6.07 Å². The van der Waals surface area contributed by atoms with Crippen LogP contribution in [0.2, 0.25) is 0 Å². The number of aliphatic hydroxyl groups excluding tert-OH is 1. The fourth-order valence-electron chi connectivity index (χ4n) is 1.21. The van der Waals surface area contributed by atoms with Crippen molar-refractivity contribution >= 4 is 44.0 Å². The van der Waals surface area contributed by atoms with Crippen LogP contribution in [0.1, 0.15) is 4.88 Å². The molecule has 0 bridgehead atoms. The quantitative estimate of drug-likeness (QED) is 0.795. The van der Waals surface area contributed by atoms with Crippen molar-refractivity contribution in [3.05, 3.63) is 26.6 Å². The van der Waals surface area contributed by atoms with Gasteiger partial charge in [0.1, 0.15) is 5.75 Å². The molecule has 0 fully saturated rings. The average Bonchev–Trinajstić information content (AvgIpc) is 2.42. The zero-order valence-corrected chi connectivity index (χ0v) is 9.59. The van der Waals surface area contributed by atoms with Gasteiger partial charge in [-0.05, 0) is 40.8 Å². The molecule has 1 aromatic heterocycles. The van der Waals surface area contributed by atoms with Crippen LogP contribution >= 0.6 is 33.9 Å². The minimum atomic E-state index is 0.0678. The van der Waals surface area contributed by atoms with Crippen LogP contribution in [0.25, 0.3) is 10.1 Å². The third-order valence-electron chi connectivity index (χ3n) is 1.82. The maximum Gasteiger partial charge on any atom is 0.117 e. The van der Waals surface area contributed by atoms with E-state index in [2.05, 4.69) is 22.6 Å². The van der Waals surface area contributed by atoms with Gasteiger partial charge in [0.05, 0.1) is 6.61 Å². The molecular formula is C9H7IO2S. The van der Waals surface area contributed by atoms with Gasteiger partial charge in [-0.15, -0.1) is 11.3 Å². The maximum atomic E-state index is 9.24. The number of hydrogen-bond acceptors (Lipinski definition) is 3. The average molecular weight is 306 g/mol. The fourth-order valence-corrected chi connectivity index (χ4v) is 3.35. The molecule has 2 N–H and O–H groups in total. The molecule has 0 spiro atoms. The van der Waals surface area contributed by atoms with Gasteiger partial charge >= 0.3 is 0 Å². The van der Waals surface area contributed by atoms with Crippen molar-refractivity contribution in [1.29, 1.82) is 0 Å². The number of aliphatic hydroxyl groups is 1. The lowest BCUT2D eigenvalue weighted by molar-refractivity contribution is 0.285. The summed E-state index contributed by atoms with van der Waals surface area (Å²) in [5, 5.41) is 19.4. The van der Waals surface area contributed by atoms with E-state index in [1.165, 1.54) is 11.3 Å². The van der Waals surface area contributed by atoms with Crippen molar-refractivity contribution < 1.29 is 10.2 Å². The molecule has 0 saturated carbocycles. The van der Waals surface area contributed by atoms with Crippen LogP contribution in [0.4, 0.5) is 0 Å². The van der Waals surface area contributed by atoms with Crippen LogP contribution in [0, 0.1) is 3.57 Å². The predicted octanol–water partition coefficient (Wildman–Crippen LogP) is 2.70. The highest BCUT2D eigenvalue weighted by molar-refractivity contribution is 14.1. The third-order valence-corrected chi connectivity index (χ3v) is 4.56. The molecule has 2 rings (SSSR count). The highest BCUT2D eigenvalue weighted by Crippen LogP contribution is 2.34. The standard InChI is InChI=1S/C9H7IO2S/c10-9-6-2-1-5(12)3-7(6)13-8(9)4-11/h1-3,11-12H,4H2. The number of phenols is 1. The van der Waals surface area contributed by atoms with E-state index in [1.54, 1.807) is 12.1 Å². The second kappa shape index (κ2) is 3.43. The Bertz CT molecular complexity index is 450. The van der Waals surface area contributed by atoms with Gasteiger partial charge in [-0.3, -0.25) is 0 Å². The van der Waals surface area contributed by atoms with Gasteiger partial charge in [0.25, 0.3) is 0 Å². The zero-order chi connectivity index (χ0) is 9.42. The van der Waals surface area contributed by atoms with Crippen molar-refractivity contribution in [2.75, 3.05) is 0 Å². The first-order valence-electron chi connectivity index (χ1n) is 3.73. The van der Waals surface area contributed by atoms with Crippen molar-refractivity contribution in [2.24, 2.45) is 0 Å². The van der Waals surface area contributed by atoms with Gasteiger partial charge in [0, 0.05) is 18.5 Å². The summed E-state index contributed by atoms with van der Waals surface area (Å²) in [6.45, 7) is 0.0678. The molecule has 2 aromatic rings. The van der Waals surface area contributed by atoms with Crippen LogP contribution in [-0.2, 0) is 6.61 Å². The Labute approximate surface area is 93.0 Å². The number of hydrogen-bond donors (Lipinski definition) is 2. The molecule has 0 aliphatic carbocycles. The summed E-state index contributed by atoms with van der Waals surface area (Å²) < 4.78 is 2.11. The predicted molar refractivity (Wildman–Crippen MR) is 62.1 cm³/mol. The highest BCUT2D eigenvalue weighted by Gasteiger charge is 2.08. The van der Waals surface area contributed by atoms with Gasteiger partial charge in [-0.25, -0.2) is 0 Å². The Balaban J connectivity index is 2.76.